The van der Waals surface area contributed by atoms with E-state index in [9.17, 15) is 4.79 Å². The summed E-state index contributed by atoms with van der Waals surface area (Å²) in [5.41, 5.74) is 2.25. The lowest BCUT2D eigenvalue weighted by Gasteiger charge is -2.30. The number of carbonyl (C=O) groups excluding carboxylic acids is 1. The number of para-hydroxylation sites is 1. The van der Waals surface area contributed by atoms with E-state index < -0.39 is 0 Å². The van der Waals surface area contributed by atoms with Gasteiger partial charge in [0.25, 0.3) is 0 Å². The van der Waals surface area contributed by atoms with Crippen molar-refractivity contribution in [3.8, 4) is 0 Å². The number of fused-ring (bicyclic) bond motifs is 1. The number of aromatic nitrogens is 1. The summed E-state index contributed by atoms with van der Waals surface area (Å²) in [7, 11) is 1.97. The number of aldehydes is 1. The molecule has 1 aliphatic rings. The van der Waals surface area contributed by atoms with E-state index in [1.165, 1.54) is 5.39 Å². The van der Waals surface area contributed by atoms with Gasteiger partial charge in [-0.25, -0.2) is 0 Å². The standard InChI is InChI=1S/C15H17ClN2O2/c1-17-14-5-3-2-4-12(14)13(15(17)16)9-18-6-7-20-11(8-18)10-19/h2-5,10-11H,6-9H2,1H3. The van der Waals surface area contributed by atoms with Gasteiger partial charge in [0, 0.05) is 43.1 Å². The number of halogens is 1. The topological polar surface area (TPSA) is 34.5 Å². The van der Waals surface area contributed by atoms with E-state index in [4.69, 9.17) is 16.3 Å². The van der Waals surface area contributed by atoms with Crippen LogP contribution in [0.5, 0.6) is 0 Å². The van der Waals surface area contributed by atoms with Gasteiger partial charge in [-0.1, -0.05) is 29.8 Å². The highest BCUT2D eigenvalue weighted by Gasteiger charge is 2.22. The molecule has 0 amide bonds. The summed E-state index contributed by atoms with van der Waals surface area (Å²) in [4.78, 5) is 13.1. The molecule has 4 nitrogen and oxygen atoms in total. The van der Waals surface area contributed by atoms with Crippen LogP contribution >= 0.6 is 11.6 Å². The highest BCUT2D eigenvalue weighted by molar-refractivity contribution is 6.32. The first-order chi connectivity index (χ1) is 9.70. The molecule has 1 atom stereocenters. The molecule has 1 unspecified atom stereocenters. The number of aryl methyl sites for hydroxylation is 1. The van der Waals surface area contributed by atoms with E-state index >= 15 is 0 Å². The maximum atomic E-state index is 10.9. The van der Waals surface area contributed by atoms with Crippen LogP contribution in [-0.4, -0.2) is 41.6 Å². The van der Waals surface area contributed by atoms with Crippen molar-refractivity contribution in [3.05, 3.63) is 35.0 Å². The van der Waals surface area contributed by atoms with Gasteiger partial charge in [-0.05, 0) is 6.07 Å². The molecule has 3 rings (SSSR count). The van der Waals surface area contributed by atoms with Gasteiger partial charge in [0.15, 0.2) is 0 Å². The molecule has 1 aromatic carbocycles. The van der Waals surface area contributed by atoms with Gasteiger partial charge in [-0.15, -0.1) is 0 Å². The van der Waals surface area contributed by atoms with Crippen LogP contribution in [0, 0.1) is 0 Å². The maximum Gasteiger partial charge on any atom is 0.150 e. The zero-order chi connectivity index (χ0) is 14.1. The Morgan fingerprint density at radius 2 is 2.25 bits per heavy atom. The third-order valence-corrected chi connectivity index (χ3v) is 4.33. The van der Waals surface area contributed by atoms with Crippen LogP contribution < -0.4 is 0 Å². The van der Waals surface area contributed by atoms with Crippen molar-refractivity contribution in [2.45, 2.75) is 12.6 Å². The quantitative estimate of drug-likeness (QED) is 0.814. The van der Waals surface area contributed by atoms with E-state index in [0.717, 1.165) is 35.6 Å². The number of hydrogen-bond donors (Lipinski definition) is 0. The van der Waals surface area contributed by atoms with Crippen molar-refractivity contribution in [2.75, 3.05) is 19.7 Å². The van der Waals surface area contributed by atoms with Crippen LogP contribution in [0.25, 0.3) is 10.9 Å². The lowest BCUT2D eigenvalue weighted by Crippen LogP contribution is -2.42. The molecule has 1 saturated heterocycles. The third kappa shape index (κ3) is 2.35. The lowest BCUT2D eigenvalue weighted by atomic mass is 10.1. The smallest absolute Gasteiger partial charge is 0.150 e. The third-order valence-electron chi connectivity index (χ3n) is 3.85. The fraction of sp³-hybridized carbons (Fsp3) is 0.400. The molecule has 20 heavy (non-hydrogen) atoms. The minimum Gasteiger partial charge on any atom is -0.368 e. The average Bonchev–Trinajstić information content (AvgIpc) is 2.73. The van der Waals surface area contributed by atoms with Crippen molar-refractivity contribution in [1.29, 1.82) is 0 Å². The van der Waals surface area contributed by atoms with Crippen LogP contribution in [0.4, 0.5) is 0 Å². The first kappa shape index (κ1) is 13.6. The Labute approximate surface area is 122 Å². The van der Waals surface area contributed by atoms with E-state index in [-0.39, 0.29) is 6.10 Å². The molecule has 1 fully saturated rings. The molecule has 0 spiro atoms. The second-order valence-corrected chi connectivity index (χ2v) is 5.48. The predicted molar refractivity (Wildman–Crippen MR) is 79.0 cm³/mol. The van der Waals surface area contributed by atoms with Gasteiger partial charge < -0.3 is 14.1 Å². The summed E-state index contributed by atoms with van der Waals surface area (Å²) in [5.74, 6) is 0. The average molecular weight is 293 g/mol. The van der Waals surface area contributed by atoms with Gasteiger partial charge >= 0.3 is 0 Å². The Hall–Kier alpha value is -1.36. The van der Waals surface area contributed by atoms with Crippen molar-refractivity contribution in [3.63, 3.8) is 0 Å². The summed E-state index contributed by atoms with van der Waals surface area (Å²) < 4.78 is 7.37. The molecule has 0 aliphatic carbocycles. The van der Waals surface area contributed by atoms with Gasteiger partial charge in [-0.2, -0.15) is 0 Å². The molecule has 0 saturated carbocycles. The van der Waals surface area contributed by atoms with Crippen LogP contribution in [-0.2, 0) is 23.1 Å². The first-order valence-corrected chi connectivity index (χ1v) is 7.09. The first-order valence-electron chi connectivity index (χ1n) is 6.71. The molecule has 0 N–H and O–H groups in total. The molecular formula is C15H17ClN2O2. The summed E-state index contributed by atoms with van der Waals surface area (Å²) in [6.07, 6.45) is 0.550. The zero-order valence-electron chi connectivity index (χ0n) is 11.4. The van der Waals surface area contributed by atoms with Gasteiger partial charge in [0.05, 0.1) is 6.61 Å². The molecule has 0 bridgehead atoms. The van der Waals surface area contributed by atoms with Crippen LogP contribution in [0.1, 0.15) is 5.56 Å². The van der Waals surface area contributed by atoms with E-state index in [1.54, 1.807) is 0 Å². The van der Waals surface area contributed by atoms with Crippen molar-refractivity contribution < 1.29 is 9.53 Å². The largest absolute Gasteiger partial charge is 0.368 e. The van der Waals surface area contributed by atoms with Crippen molar-refractivity contribution in [2.24, 2.45) is 7.05 Å². The van der Waals surface area contributed by atoms with Gasteiger partial charge in [0.2, 0.25) is 0 Å². The summed E-state index contributed by atoms with van der Waals surface area (Å²) in [6.45, 7) is 2.78. The Balaban J connectivity index is 1.91. The predicted octanol–water partition coefficient (Wildman–Crippen LogP) is 2.23. The minimum atomic E-state index is -0.322. The SMILES string of the molecule is Cn1c(Cl)c(CN2CCOC(C=O)C2)c2ccccc21. The second-order valence-electron chi connectivity index (χ2n) is 5.13. The fourth-order valence-electron chi connectivity index (χ4n) is 2.77. The lowest BCUT2D eigenvalue weighted by molar-refractivity contribution is -0.123. The molecule has 2 aromatic rings. The molecule has 106 valence electrons. The van der Waals surface area contributed by atoms with E-state index in [2.05, 4.69) is 17.0 Å². The molecule has 1 aliphatic heterocycles. The summed E-state index contributed by atoms with van der Waals surface area (Å²) in [5, 5.41) is 1.94. The molecule has 5 heteroatoms. The Morgan fingerprint density at radius 3 is 3.05 bits per heavy atom. The van der Waals surface area contributed by atoms with Crippen LogP contribution in [0.15, 0.2) is 24.3 Å². The number of rotatable bonds is 3. The Kier molecular flexibility index (Phi) is 3.78. The zero-order valence-corrected chi connectivity index (χ0v) is 12.1. The maximum absolute atomic E-state index is 10.9. The van der Waals surface area contributed by atoms with Crippen LogP contribution in [0.3, 0.4) is 0 Å². The highest BCUT2D eigenvalue weighted by Crippen LogP contribution is 2.30. The highest BCUT2D eigenvalue weighted by atomic mass is 35.5. The summed E-state index contributed by atoms with van der Waals surface area (Å²) >= 11 is 6.46. The molecule has 2 heterocycles. The number of nitrogens with zero attached hydrogens (tertiary/aromatic N) is 2. The Bertz CT molecular complexity index is 638. The number of morpholine rings is 1. The second kappa shape index (κ2) is 5.56. The van der Waals surface area contributed by atoms with Crippen LogP contribution in [0.2, 0.25) is 5.15 Å². The normalized spacial score (nSPS) is 20.4. The minimum absolute atomic E-state index is 0.322. The van der Waals surface area contributed by atoms with Crippen molar-refractivity contribution >= 4 is 28.8 Å². The van der Waals surface area contributed by atoms with E-state index in [1.807, 2.05) is 23.7 Å². The number of carbonyl (C=O) groups is 1. The van der Waals surface area contributed by atoms with E-state index in [0.29, 0.717) is 13.2 Å². The summed E-state index contributed by atoms with van der Waals surface area (Å²) in [6, 6.07) is 8.20. The number of ether oxygens (including phenoxy) is 1. The molecule has 1 aromatic heterocycles. The number of hydrogen-bond acceptors (Lipinski definition) is 3. The fourth-order valence-corrected chi connectivity index (χ4v) is 3.02. The molecular weight excluding hydrogens is 276 g/mol. The van der Waals surface area contributed by atoms with Gasteiger partial charge in [-0.3, -0.25) is 4.90 Å². The van der Waals surface area contributed by atoms with Gasteiger partial charge in [0.1, 0.15) is 17.5 Å². The number of benzene rings is 1. The van der Waals surface area contributed by atoms with Crippen molar-refractivity contribution in [1.82, 2.24) is 9.47 Å². The Morgan fingerprint density at radius 1 is 1.45 bits per heavy atom. The monoisotopic (exact) mass is 292 g/mol. The molecule has 0 radical (unpaired) electrons.